The Balaban J connectivity index is 1.80. The maximum atomic E-state index is 14.2. The molecule has 0 aliphatic heterocycles. The average molecular weight is 431 g/mol. The third kappa shape index (κ3) is 3.96. The molecule has 3 aromatic rings. The first kappa shape index (κ1) is 17.7. The Kier molecular flexibility index (Phi) is 5.59. The van der Waals surface area contributed by atoms with Crippen LogP contribution in [0, 0.1) is 5.82 Å². The molecule has 3 heterocycles. The molecule has 1 N–H and O–H groups in total. The number of hydrogen-bond donors (Lipinski definition) is 1. The number of rotatable bonds is 7. The van der Waals surface area contributed by atoms with Crippen molar-refractivity contribution in [3.8, 4) is 11.6 Å². The Labute approximate surface area is 154 Å². The Bertz CT molecular complexity index is 893. The number of anilines is 1. The van der Waals surface area contributed by atoms with Crippen LogP contribution in [0.1, 0.15) is 0 Å². The normalized spacial score (nSPS) is 10.9. The zero-order valence-electron chi connectivity index (χ0n) is 13.0. The van der Waals surface area contributed by atoms with Crippen molar-refractivity contribution < 1.29 is 18.3 Å². The van der Waals surface area contributed by atoms with Gasteiger partial charge in [-0.1, -0.05) is 15.9 Å². The third-order valence-corrected chi connectivity index (χ3v) is 4.43. The van der Waals surface area contributed by atoms with Crippen LogP contribution in [-0.2, 0) is 0 Å². The standard InChI is InChI=1S/C15H13BrF2N4O2S/c1-23-15-11(24-5-3-17)7-10(18)14(20-15)21-25-13-8-19-12-6-9(16)2-4-22(12)13/h2,4,6-8H,3,5H2,1H3,(H,20,21). The summed E-state index contributed by atoms with van der Waals surface area (Å²) in [6.07, 6.45) is 3.50. The van der Waals surface area contributed by atoms with Gasteiger partial charge < -0.3 is 14.2 Å². The monoisotopic (exact) mass is 430 g/mol. The highest BCUT2D eigenvalue weighted by atomic mass is 79.9. The Morgan fingerprint density at radius 1 is 1.40 bits per heavy atom. The maximum absolute atomic E-state index is 14.2. The van der Waals surface area contributed by atoms with E-state index in [2.05, 4.69) is 30.6 Å². The summed E-state index contributed by atoms with van der Waals surface area (Å²) >= 11 is 4.53. The molecule has 0 fully saturated rings. The van der Waals surface area contributed by atoms with Crippen LogP contribution in [0.15, 0.2) is 40.1 Å². The lowest BCUT2D eigenvalue weighted by Gasteiger charge is -2.12. The molecule has 0 aliphatic rings. The fourth-order valence-corrected chi connectivity index (χ4v) is 3.06. The molecule has 6 nitrogen and oxygen atoms in total. The Morgan fingerprint density at radius 3 is 3.00 bits per heavy atom. The summed E-state index contributed by atoms with van der Waals surface area (Å²) in [7, 11) is 1.38. The number of nitrogens with zero attached hydrogens (tertiary/aromatic N) is 3. The number of methoxy groups -OCH3 is 1. The highest BCUT2D eigenvalue weighted by molar-refractivity contribution is 9.10. The van der Waals surface area contributed by atoms with Gasteiger partial charge in [0, 0.05) is 28.7 Å². The second kappa shape index (κ2) is 7.87. The number of nitrogens with one attached hydrogen (secondary N) is 1. The van der Waals surface area contributed by atoms with Gasteiger partial charge >= 0.3 is 0 Å². The van der Waals surface area contributed by atoms with Crippen molar-refractivity contribution in [2.45, 2.75) is 5.03 Å². The van der Waals surface area contributed by atoms with Crippen LogP contribution in [-0.4, -0.2) is 34.8 Å². The predicted molar refractivity (Wildman–Crippen MR) is 94.6 cm³/mol. The van der Waals surface area contributed by atoms with Crippen molar-refractivity contribution in [1.82, 2.24) is 14.4 Å². The molecule has 3 aromatic heterocycles. The minimum atomic E-state index is -0.689. The number of aromatic nitrogens is 3. The van der Waals surface area contributed by atoms with Crippen molar-refractivity contribution >= 4 is 39.3 Å². The maximum Gasteiger partial charge on any atom is 0.258 e. The van der Waals surface area contributed by atoms with Gasteiger partial charge in [-0.05, 0) is 12.1 Å². The van der Waals surface area contributed by atoms with E-state index in [0.717, 1.165) is 33.2 Å². The van der Waals surface area contributed by atoms with E-state index in [1.54, 1.807) is 6.20 Å². The van der Waals surface area contributed by atoms with E-state index in [9.17, 15) is 8.78 Å². The van der Waals surface area contributed by atoms with E-state index >= 15 is 0 Å². The van der Waals surface area contributed by atoms with E-state index in [-0.39, 0.29) is 24.1 Å². The second-order valence-electron chi connectivity index (χ2n) is 4.74. The van der Waals surface area contributed by atoms with Crippen molar-refractivity contribution in [2.75, 3.05) is 25.1 Å². The van der Waals surface area contributed by atoms with E-state index in [1.807, 2.05) is 22.7 Å². The topological polar surface area (TPSA) is 60.7 Å². The molecule has 0 amide bonds. The molecule has 10 heteroatoms. The minimum absolute atomic E-state index is 0.0264. The van der Waals surface area contributed by atoms with Gasteiger partial charge in [0.15, 0.2) is 17.4 Å². The number of hydrogen-bond acceptors (Lipinski definition) is 6. The molecule has 0 unspecified atom stereocenters. The van der Waals surface area contributed by atoms with Crippen molar-refractivity contribution in [2.24, 2.45) is 0 Å². The minimum Gasteiger partial charge on any atom is -0.485 e. The number of alkyl halides is 1. The highest BCUT2D eigenvalue weighted by Crippen LogP contribution is 2.31. The van der Waals surface area contributed by atoms with Gasteiger partial charge in [-0.3, -0.25) is 4.40 Å². The molecule has 132 valence electrons. The zero-order valence-corrected chi connectivity index (χ0v) is 15.4. The lowest BCUT2D eigenvalue weighted by molar-refractivity contribution is 0.255. The highest BCUT2D eigenvalue weighted by Gasteiger charge is 2.15. The van der Waals surface area contributed by atoms with E-state index in [1.165, 1.54) is 7.11 Å². The fraction of sp³-hybridized carbons (Fsp3) is 0.200. The van der Waals surface area contributed by atoms with Gasteiger partial charge in [0.2, 0.25) is 0 Å². The molecule has 0 aliphatic carbocycles. The van der Waals surface area contributed by atoms with Gasteiger partial charge in [-0.2, -0.15) is 4.98 Å². The lowest BCUT2D eigenvalue weighted by Crippen LogP contribution is -2.04. The first-order chi connectivity index (χ1) is 12.1. The number of imidazole rings is 1. The van der Waals surface area contributed by atoms with Crippen molar-refractivity contribution in [3.05, 3.63) is 40.9 Å². The van der Waals surface area contributed by atoms with E-state index in [0.29, 0.717) is 0 Å². The quantitative estimate of drug-likeness (QED) is 0.569. The molecular weight excluding hydrogens is 418 g/mol. The SMILES string of the molecule is COc1nc(NSc2cnc3cc(Br)ccn23)c(F)cc1OCCF. The van der Waals surface area contributed by atoms with Crippen LogP contribution < -0.4 is 14.2 Å². The van der Waals surface area contributed by atoms with E-state index in [4.69, 9.17) is 9.47 Å². The summed E-state index contributed by atoms with van der Waals surface area (Å²) < 4.78 is 42.1. The van der Waals surface area contributed by atoms with Crippen molar-refractivity contribution in [3.63, 3.8) is 0 Å². The zero-order chi connectivity index (χ0) is 17.8. The van der Waals surface area contributed by atoms with Crippen LogP contribution in [0.25, 0.3) is 5.65 Å². The molecular formula is C15H13BrF2N4O2S. The summed E-state index contributed by atoms with van der Waals surface area (Å²) in [5.74, 6) is -0.548. The average Bonchev–Trinajstić information content (AvgIpc) is 3.01. The third-order valence-electron chi connectivity index (χ3n) is 3.13. The lowest BCUT2D eigenvalue weighted by atomic mass is 10.4. The van der Waals surface area contributed by atoms with Gasteiger partial charge in [0.05, 0.1) is 13.3 Å². The second-order valence-corrected chi connectivity index (χ2v) is 6.48. The molecule has 0 saturated carbocycles. The summed E-state index contributed by atoms with van der Waals surface area (Å²) in [4.78, 5) is 8.30. The first-order valence-corrected chi connectivity index (χ1v) is 8.72. The van der Waals surface area contributed by atoms with Crippen LogP contribution in [0.3, 0.4) is 0 Å². The molecule has 3 rings (SSSR count). The van der Waals surface area contributed by atoms with Crippen LogP contribution in [0.2, 0.25) is 0 Å². The summed E-state index contributed by atoms with van der Waals surface area (Å²) in [5, 5.41) is 0.750. The number of halogens is 3. The fourth-order valence-electron chi connectivity index (χ4n) is 2.03. The predicted octanol–water partition coefficient (Wildman–Crippen LogP) is 4.11. The molecule has 0 spiro atoms. The van der Waals surface area contributed by atoms with Crippen LogP contribution in [0.5, 0.6) is 11.6 Å². The van der Waals surface area contributed by atoms with Gasteiger partial charge in [-0.15, -0.1) is 0 Å². The summed E-state index contributed by atoms with van der Waals surface area (Å²) in [5.41, 5.74) is 0.750. The largest absolute Gasteiger partial charge is 0.485 e. The first-order valence-electron chi connectivity index (χ1n) is 7.11. The summed E-state index contributed by atoms with van der Waals surface area (Å²) in [6.45, 7) is -0.887. The van der Waals surface area contributed by atoms with Gasteiger partial charge in [0.1, 0.15) is 24.0 Å². The van der Waals surface area contributed by atoms with Crippen LogP contribution in [0.4, 0.5) is 14.6 Å². The molecule has 0 atom stereocenters. The number of fused-ring (bicyclic) bond motifs is 1. The number of ether oxygens (including phenoxy) is 2. The molecule has 0 radical (unpaired) electrons. The Morgan fingerprint density at radius 2 is 2.24 bits per heavy atom. The van der Waals surface area contributed by atoms with Crippen LogP contribution >= 0.6 is 27.9 Å². The molecule has 25 heavy (non-hydrogen) atoms. The van der Waals surface area contributed by atoms with Crippen molar-refractivity contribution in [1.29, 1.82) is 0 Å². The molecule has 0 bridgehead atoms. The Hall–Kier alpha value is -2.07. The van der Waals surface area contributed by atoms with E-state index < -0.39 is 12.5 Å². The molecule has 0 saturated heterocycles. The van der Waals surface area contributed by atoms with Gasteiger partial charge in [0.25, 0.3) is 5.88 Å². The molecule has 0 aromatic carbocycles. The summed E-state index contributed by atoms with van der Waals surface area (Å²) in [6, 6.07) is 4.84. The number of pyridine rings is 2. The van der Waals surface area contributed by atoms with Gasteiger partial charge in [-0.25, -0.2) is 13.8 Å². The smallest absolute Gasteiger partial charge is 0.258 e.